The second kappa shape index (κ2) is 10.5. The minimum Gasteiger partial charge on any atom is -0.497 e. The summed E-state index contributed by atoms with van der Waals surface area (Å²) in [6.07, 6.45) is 19.5. The molecule has 0 saturated heterocycles. The van der Waals surface area contributed by atoms with Gasteiger partial charge in [-0.05, 0) is 116 Å². The highest BCUT2D eigenvalue weighted by atomic mass is 16.5. The molecule has 0 aliphatic carbocycles. The Morgan fingerprint density at radius 2 is 1.30 bits per heavy atom. The molecule has 214 valence electrons. The van der Waals surface area contributed by atoms with Crippen LogP contribution in [-0.2, 0) is 0 Å². The molecule has 5 aliphatic rings. The van der Waals surface area contributed by atoms with Crippen LogP contribution in [-0.4, -0.2) is 41.0 Å². The fourth-order valence-corrected chi connectivity index (χ4v) is 6.11. The van der Waals surface area contributed by atoms with Gasteiger partial charge in [0.2, 0.25) is 0 Å². The Bertz CT molecular complexity index is 2060. The monoisotopic (exact) mass is 576 g/mol. The van der Waals surface area contributed by atoms with Gasteiger partial charge in [0.05, 0.1) is 58.3 Å². The standard InChI is InChI=1S/C37H28N4O3/c1-20-15-21(2)34(22(3)16-20)36-32-12-8-26(40-32)18-24-6-5-23(38-24)17-25-7-11-30(39-25)35(31-13-14-33(36)41-31)28-10-9-27(44-4)19-29(28)37(42)43/h5-19H,1-4H3,(H,42,43). The number of hydrogen-bond donors (Lipinski definition) is 1. The first-order chi connectivity index (χ1) is 21.3. The van der Waals surface area contributed by atoms with E-state index in [0.717, 1.165) is 50.8 Å². The maximum absolute atomic E-state index is 12.5. The number of fused-ring (bicyclic) bond motifs is 4. The van der Waals surface area contributed by atoms with Crippen molar-refractivity contribution in [2.45, 2.75) is 20.8 Å². The number of allylic oxidation sites excluding steroid dienone is 12. The van der Waals surface area contributed by atoms with Gasteiger partial charge < -0.3 is 9.84 Å². The molecule has 7 nitrogen and oxygen atoms in total. The van der Waals surface area contributed by atoms with Gasteiger partial charge in [-0.2, -0.15) is 0 Å². The summed E-state index contributed by atoms with van der Waals surface area (Å²) in [6.45, 7) is 6.31. The fraction of sp³-hybridized carbons (Fsp3) is 0.108. The van der Waals surface area contributed by atoms with Crippen molar-refractivity contribution < 1.29 is 14.6 Å². The first-order valence-electron chi connectivity index (χ1n) is 14.3. The van der Waals surface area contributed by atoms with Crippen molar-refractivity contribution in [1.82, 2.24) is 0 Å². The van der Waals surface area contributed by atoms with E-state index in [1.54, 1.807) is 12.1 Å². The number of carboxylic acid groups (broad SMARTS) is 1. The van der Waals surface area contributed by atoms with E-state index in [2.05, 4.69) is 32.9 Å². The number of benzene rings is 2. The first-order valence-corrected chi connectivity index (χ1v) is 14.3. The van der Waals surface area contributed by atoms with Crippen molar-refractivity contribution in [2.75, 3.05) is 7.11 Å². The zero-order valence-corrected chi connectivity index (χ0v) is 24.7. The number of carbonyl (C=O) groups is 1. The fourth-order valence-electron chi connectivity index (χ4n) is 6.11. The number of methoxy groups -OCH3 is 1. The highest BCUT2D eigenvalue weighted by molar-refractivity contribution is 6.36. The highest BCUT2D eigenvalue weighted by Gasteiger charge is 2.27. The van der Waals surface area contributed by atoms with E-state index in [9.17, 15) is 9.90 Å². The molecule has 0 unspecified atom stereocenters. The van der Waals surface area contributed by atoms with Gasteiger partial charge in [-0.25, -0.2) is 24.8 Å². The molecular formula is C37H28N4O3. The van der Waals surface area contributed by atoms with Crippen molar-refractivity contribution in [3.05, 3.63) is 147 Å². The first kappa shape index (κ1) is 27.2. The molecule has 2 aromatic carbocycles. The molecule has 8 bridgehead atoms. The highest BCUT2D eigenvalue weighted by Crippen LogP contribution is 2.37. The van der Waals surface area contributed by atoms with Crippen molar-refractivity contribution >= 4 is 40.0 Å². The summed E-state index contributed by atoms with van der Waals surface area (Å²) in [5.41, 5.74) is 12.4. The molecule has 0 amide bonds. The van der Waals surface area contributed by atoms with Gasteiger partial charge in [0.1, 0.15) is 5.75 Å². The van der Waals surface area contributed by atoms with Crippen molar-refractivity contribution in [2.24, 2.45) is 20.0 Å². The van der Waals surface area contributed by atoms with Gasteiger partial charge in [0.15, 0.2) is 0 Å². The van der Waals surface area contributed by atoms with Crippen LogP contribution < -0.4 is 4.74 Å². The van der Waals surface area contributed by atoms with Gasteiger partial charge in [0, 0.05) is 16.7 Å². The SMILES string of the molecule is COc1ccc(C2=C3C=CC(=N3)C=C3C=CC(=N3)C=C3C=CC(=N3)C(c3c(C)cc(C)cc3C)=C3C=CC2=N3)c(C(=O)O)c1. The smallest absolute Gasteiger partial charge is 0.336 e. The Morgan fingerprint density at radius 1 is 0.682 bits per heavy atom. The topological polar surface area (TPSA) is 96.0 Å². The normalized spacial score (nSPS) is 18.0. The van der Waals surface area contributed by atoms with Crippen LogP contribution in [0.1, 0.15) is 38.2 Å². The lowest BCUT2D eigenvalue weighted by Crippen LogP contribution is -2.08. The number of rotatable bonds is 4. The van der Waals surface area contributed by atoms with Crippen molar-refractivity contribution in [3.8, 4) is 5.75 Å². The number of aromatic carboxylic acids is 1. The summed E-state index contributed by atoms with van der Waals surface area (Å²) in [6, 6.07) is 9.38. The maximum atomic E-state index is 12.5. The lowest BCUT2D eigenvalue weighted by atomic mass is 9.90. The summed E-state index contributed by atoms with van der Waals surface area (Å²) < 4.78 is 5.36. The Balaban J connectivity index is 1.54. The minimum atomic E-state index is -1.07. The summed E-state index contributed by atoms with van der Waals surface area (Å²) in [5.74, 6) is -0.616. The van der Waals surface area contributed by atoms with Gasteiger partial charge in [-0.1, -0.05) is 17.7 Å². The lowest BCUT2D eigenvalue weighted by Gasteiger charge is -2.16. The van der Waals surface area contributed by atoms with Crippen LogP contribution in [0.3, 0.4) is 0 Å². The van der Waals surface area contributed by atoms with E-state index in [1.165, 1.54) is 18.7 Å². The number of nitrogens with zero attached hydrogens (tertiary/aromatic N) is 4. The van der Waals surface area contributed by atoms with Gasteiger partial charge in [-0.3, -0.25) is 0 Å². The summed E-state index contributed by atoms with van der Waals surface area (Å²) in [4.78, 5) is 32.4. The molecule has 0 saturated carbocycles. The third kappa shape index (κ3) is 4.78. The second-order valence-corrected chi connectivity index (χ2v) is 11.1. The number of ether oxygens (including phenoxy) is 1. The molecule has 1 N–H and O–H groups in total. The Morgan fingerprint density at radius 3 is 2.05 bits per heavy atom. The van der Waals surface area contributed by atoms with E-state index in [1.807, 2.05) is 60.8 Å². The molecule has 0 radical (unpaired) electrons. The Labute approximate surface area is 255 Å². The van der Waals surface area contributed by atoms with Gasteiger partial charge in [0.25, 0.3) is 0 Å². The Kier molecular flexibility index (Phi) is 6.51. The second-order valence-electron chi connectivity index (χ2n) is 11.1. The van der Waals surface area contributed by atoms with E-state index in [0.29, 0.717) is 34.0 Å². The van der Waals surface area contributed by atoms with Crippen LogP contribution in [0.25, 0.3) is 11.1 Å². The lowest BCUT2D eigenvalue weighted by molar-refractivity contribution is 0.0696. The average molecular weight is 577 g/mol. The predicted molar refractivity (Wildman–Crippen MR) is 177 cm³/mol. The van der Waals surface area contributed by atoms with Crippen LogP contribution in [0.2, 0.25) is 0 Å². The molecule has 0 atom stereocenters. The molecule has 5 aliphatic heterocycles. The molecule has 0 spiro atoms. The van der Waals surface area contributed by atoms with Crippen LogP contribution in [0.4, 0.5) is 0 Å². The molecule has 0 fully saturated rings. The van der Waals surface area contributed by atoms with E-state index >= 15 is 0 Å². The van der Waals surface area contributed by atoms with E-state index in [-0.39, 0.29) is 5.56 Å². The largest absolute Gasteiger partial charge is 0.497 e. The zero-order chi connectivity index (χ0) is 30.5. The number of hydrogen-bond acceptors (Lipinski definition) is 6. The Hall–Kier alpha value is -5.69. The third-order valence-electron chi connectivity index (χ3n) is 7.92. The molecule has 0 aromatic heterocycles. The van der Waals surface area contributed by atoms with E-state index < -0.39 is 5.97 Å². The summed E-state index contributed by atoms with van der Waals surface area (Å²) in [5, 5.41) is 10.2. The zero-order valence-electron chi connectivity index (χ0n) is 24.7. The third-order valence-corrected chi connectivity index (χ3v) is 7.92. The molecule has 2 aromatic rings. The van der Waals surface area contributed by atoms with Crippen LogP contribution >= 0.6 is 0 Å². The van der Waals surface area contributed by atoms with Gasteiger partial charge >= 0.3 is 5.97 Å². The van der Waals surface area contributed by atoms with Gasteiger partial charge in [-0.15, -0.1) is 0 Å². The average Bonchev–Trinajstić information content (AvgIpc) is 3.81. The summed E-state index contributed by atoms with van der Waals surface area (Å²) >= 11 is 0. The van der Waals surface area contributed by atoms with Crippen molar-refractivity contribution in [3.63, 3.8) is 0 Å². The number of aryl methyl sites for hydroxylation is 3. The number of carboxylic acids is 1. The summed E-state index contributed by atoms with van der Waals surface area (Å²) in [7, 11) is 1.52. The molecule has 7 rings (SSSR count). The molecular weight excluding hydrogens is 548 g/mol. The number of aliphatic imine (C=N–C) groups is 4. The predicted octanol–water partition coefficient (Wildman–Crippen LogP) is 7.27. The molecule has 7 heteroatoms. The molecule has 5 heterocycles. The van der Waals surface area contributed by atoms with Crippen LogP contribution in [0.5, 0.6) is 5.75 Å². The quantitative estimate of drug-likeness (QED) is 0.415. The van der Waals surface area contributed by atoms with E-state index in [4.69, 9.17) is 24.7 Å². The maximum Gasteiger partial charge on any atom is 0.336 e. The molecule has 44 heavy (non-hydrogen) atoms. The minimum absolute atomic E-state index is 0.0986. The van der Waals surface area contributed by atoms with Crippen LogP contribution in [0, 0.1) is 20.8 Å². The van der Waals surface area contributed by atoms with Crippen LogP contribution in [0.15, 0.2) is 134 Å². The van der Waals surface area contributed by atoms with Crippen molar-refractivity contribution in [1.29, 1.82) is 0 Å².